The van der Waals surface area contributed by atoms with Crippen LogP contribution in [-0.2, 0) is 24.8 Å². The summed E-state index contributed by atoms with van der Waals surface area (Å²) in [7, 11) is 2.09. The maximum absolute atomic E-state index is 5.94. The maximum Gasteiger partial charge on any atom is 0.123 e. The van der Waals surface area contributed by atoms with Crippen LogP contribution in [0.25, 0.3) is 11.0 Å². The molecule has 0 amide bonds. The Hall–Kier alpha value is -2.31. The van der Waals surface area contributed by atoms with Crippen LogP contribution in [0.2, 0.25) is 0 Å². The number of para-hydroxylation sites is 2. The van der Waals surface area contributed by atoms with Crippen LogP contribution in [0.5, 0.6) is 0 Å². The van der Waals surface area contributed by atoms with Gasteiger partial charge in [-0.15, -0.1) is 0 Å². The number of fused-ring (bicyclic) bond motifs is 1. The van der Waals surface area contributed by atoms with Crippen LogP contribution in [-0.4, -0.2) is 50.2 Å². The van der Waals surface area contributed by atoms with Gasteiger partial charge in [-0.05, 0) is 31.0 Å². The molecule has 0 aliphatic carbocycles. The molecule has 6 heteroatoms. The number of ether oxygens (including phenoxy) is 1. The molecule has 130 valence electrons. The third kappa shape index (κ3) is 3.70. The van der Waals surface area contributed by atoms with Crippen molar-refractivity contribution in [3.63, 3.8) is 0 Å². The van der Waals surface area contributed by atoms with Gasteiger partial charge in [-0.1, -0.05) is 12.1 Å². The van der Waals surface area contributed by atoms with Gasteiger partial charge in [-0.3, -0.25) is 4.90 Å². The number of hydrogen-bond donors (Lipinski definition) is 0. The molecule has 1 aliphatic rings. The molecule has 25 heavy (non-hydrogen) atoms. The van der Waals surface area contributed by atoms with E-state index in [-0.39, 0.29) is 6.10 Å². The lowest BCUT2D eigenvalue weighted by Crippen LogP contribution is -2.42. The van der Waals surface area contributed by atoms with Gasteiger partial charge in [0.05, 0.1) is 30.3 Å². The Labute approximate surface area is 147 Å². The Bertz CT molecular complexity index is 832. The molecule has 0 bridgehead atoms. The first kappa shape index (κ1) is 16.2. The molecule has 1 aromatic carbocycles. The van der Waals surface area contributed by atoms with Gasteiger partial charge in [0.25, 0.3) is 0 Å². The second-order valence-corrected chi connectivity index (χ2v) is 6.54. The molecule has 1 saturated heterocycles. The molecular weight excluding hydrogens is 314 g/mol. The number of benzene rings is 1. The van der Waals surface area contributed by atoms with Crippen molar-refractivity contribution in [2.24, 2.45) is 7.05 Å². The minimum Gasteiger partial charge on any atom is -0.376 e. The molecule has 1 fully saturated rings. The summed E-state index contributed by atoms with van der Waals surface area (Å²) < 4.78 is 8.14. The standard InChI is InChI=1S/C19H23N5O/c1-23-18-5-3-2-4-17(18)22-19(23)13-24-10-11-25-16(12-24)7-6-15-8-9-20-14-21-15/h2-5,8-9,14,16H,6-7,10-13H2,1H3/t16-/m0/s1. The summed E-state index contributed by atoms with van der Waals surface area (Å²) in [6.07, 6.45) is 5.55. The van der Waals surface area contributed by atoms with Crippen LogP contribution in [0.3, 0.4) is 0 Å². The molecule has 4 rings (SSSR count). The summed E-state index contributed by atoms with van der Waals surface area (Å²) in [6.45, 7) is 3.53. The van der Waals surface area contributed by atoms with E-state index in [1.54, 1.807) is 12.5 Å². The van der Waals surface area contributed by atoms with Crippen molar-refractivity contribution < 1.29 is 4.74 Å². The van der Waals surface area contributed by atoms with E-state index in [4.69, 9.17) is 9.72 Å². The van der Waals surface area contributed by atoms with Gasteiger partial charge in [-0.2, -0.15) is 0 Å². The molecule has 0 N–H and O–H groups in total. The lowest BCUT2D eigenvalue weighted by molar-refractivity contribution is -0.0355. The fourth-order valence-corrected chi connectivity index (χ4v) is 3.41. The highest BCUT2D eigenvalue weighted by atomic mass is 16.5. The minimum absolute atomic E-state index is 0.249. The van der Waals surface area contributed by atoms with Crippen LogP contribution >= 0.6 is 0 Å². The Morgan fingerprint density at radius 2 is 2.16 bits per heavy atom. The number of hydrogen-bond acceptors (Lipinski definition) is 5. The number of aryl methyl sites for hydroxylation is 2. The highest BCUT2D eigenvalue weighted by Gasteiger charge is 2.22. The summed E-state index contributed by atoms with van der Waals surface area (Å²) in [6, 6.07) is 10.3. The molecule has 3 aromatic rings. The zero-order chi connectivity index (χ0) is 17.1. The zero-order valence-electron chi connectivity index (χ0n) is 14.5. The van der Waals surface area contributed by atoms with E-state index in [1.165, 1.54) is 5.52 Å². The number of nitrogens with zero attached hydrogens (tertiary/aromatic N) is 5. The SMILES string of the molecule is Cn1c(CN2CCO[C@@H](CCc3ccncn3)C2)nc2ccccc21. The largest absolute Gasteiger partial charge is 0.376 e. The normalized spacial score (nSPS) is 18.7. The van der Waals surface area contributed by atoms with E-state index in [2.05, 4.69) is 44.7 Å². The average molecular weight is 337 g/mol. The monoisotopic (exact) mass is 337 g/mol. The molecule has 6 nitrogen and oxygen atoms in total. The van der Waals surface area contributed by atoms with Crippen molar-refractivity contribution in [1.29, 1.82) is 0 Å². The third-order valence-electron chi connectivity index (χ3n) is 4.83. The molecule has 0 saturated carbocycles. The lowest BCUT2D eigenvalue weighted by atomic mass is 10.1. The highest BCUT2D eigenvalue weighted by molar-refractivity contribution is 5.75. The van der Waals surface area contributed by atoms with Crippen LogP contribution < -0.4 is 0 Å². The maximum atomic E-state index is 5.94. The lowest BCUT2D eigenvalue weighted by Gasteiger charge is -2.32. The Kier molecular flexibility index (Phi) is 4.72. The van der Waals surface area contributed by atoms with E-state index < -0.39 is 0 Å². The highest BCUT2D eigenvalue weighted by Crippen LogP contribution is 2.18. The summed E-state index contributed by atoms with van der Waals surface area (Å²) in [5.74, 6) is 1.11. The van der Waals surface area contributed by atoms with Gasteiger partial charge in [0.15, 0.2) is 0 Å². The Balaban J connectivity index is 1.38. The Morgan fingerprint density at radius 1 is 1.24 bits per heavy atom. The number of aromatic nitrogens is 4. The van der Waals surface area contributed by atoms with Gasteiger partial charge >= 0.3 is 0 Å². The zero-order valence-corrected chi connectivity index (χ0v) is 14.5. The first-order valence-electron chi connectivity index (χ1n) is 8.79. The summed E-state index contributed by atoms with van der Waals surface area (Å²) in [4.78, 5) is 15.5. The van der Waals surface area contributed by atoms with Gasteiger partial charge in [0.2, 0.25) is 0 Å². The summed E-state index contributed by atoms with van der Waals surface area (Å²) in [5.41, 5.74) is 3.32. The first-order chi connectivity index (χ1) is 12.3. The number of morpholine rings is 1. The second-order valence-electron chi connectivity index (χ2n) is 6.54. The molecule has 0 radical (unpaired) electrons. The molecule has 2 aromatic heterocycles. The van der Waals surface area contributed by atoms with Gasteiger partial charge < -0.3 is 9.30 Å². The molecular formula is C19H23N5O. The van der Waals surface area contributed by atoms with Crippen molar-refractivity contribution in [2.75, 3.05) is 19.7 Å². The number of rotatable bonds is 5. The van der Waals surface area contributed by atoms with Gasteiger partial charge in [0.1, 0.15) is 12.2 Å². The smallest absolute Gasteiger partial charge is 0.123 e. The van der Waals surface area contributed by atoms with E-state index in [9.17, 15) is 0 Å². The average Bonchev–Trinajstić information content (AvgIpc) is 2.97. The van der Waals surface area contributed by atoms with Crippen molar-refractivity contribution in [1.82, 2.24) is 24.4 Å². The van der Waals surface area contributed by atoms with E-state index >= 15 is 0 Å². The van der Waals surface area contributed by atoms with E-state index in [0.717, 1.165) is 56.1 Å². The topological polar surface area (TPSA) is 56.1 Å². The molecule has 0 spiro atoms. The van der Waals surface area contributed by atoms with Crippen LogP contribution in [0.4, 0.5) is 0 Å². The van der Waals surface area contributed by atoms with Gasteiger partial charge in [0, 0.05) is 32.0 Å². The van der Waals surface area contributed by atoms with E-state index in [1.807, 2.05) is 12.1 Å². The molecule has 1 atom stereocenters. The Morgan fingerprint density at radius 3 is 3.00 bits per heavy atom. The van der Waals surface area contributed by atoms with Crippen molar-refractivity contribution in [3.8, 4) is 0 Å². The molecule has 0 unspecified atom stereocenters. The molecule has 1 aliphatic heterocycles. The number of imidazole rings is 1. The van der Waals surface area contributed by atoms with Crippen molar-refractivity contribution in [2.45, 2.75) is 25.5 Å². The van der Waals surface area contributed by atoms with Crippen LogP contribution in [0.1, 0.15) is 17.9 Å². The van der Waals surface area contributed by atoms with Crippen LogP contribution in [0, 0.1) is 0 Å². The van der Waals surface area contributed by atoms with Gasteiger partial charge in [-0.25, -0.2) is 15.0 Å². The van der Waals surface area contributed by atoms with Crippen molar-refractivity contribution >= 4 is 11.0 Å². The quantitative estimate of drug-likeness (QED) is 0.714. The van der Waals surface area contributed by atoms with E-state index in [0.29, 0.717) is 0 Å². The second kappa shape index (κ2) is 7.29. The predicted octanol–water partition coefficient (Wildman–Crippen LogP) is 2.20. The first-order valence-corrected chi connectivity index (χ1v) is 8.79. The summed E-state index contributed by atoms with van der Waals surface area (Å²) >= 11 is 0. The fraction of sp³-hybridized carbons (Fsp3) is 0.421. The fourth-order valence-electron chi connectivity index (χ4n) is 3.41. The van der Waals surface area contributed by atoms with Crippen molar-refractivity contribution in [3.05, 3.63) is 54.4 Å². The minimum atomic E-state index is 0.249. The molecule has 3 heterocycles. The van der Waals surface area contributed by atoms with Crippen LogP contribution in [0.15, 0.2) is 42.9 Å². The third-order valence-corrected chi connectivity index (χ3v) is 4.83. The summed E-state index contributed by atoms with van der Waals surface area (Å²) in [5, 5.41) is 0. The predicted molar refractivity (Wildman–Crippen MR) is 96.1 cm³/mol.